The number of nitrogens with zero attached hydrogens (tertiary/aromatic N) is 5. The van der Waals surface area contributed by atoms with Crippen LogP contribution < -0.4 is 4.74 Å². The van der Waals surface area contributed by atoms with Gasteiger partial charge in [-0.2, -0.15) is 5.10 Å². The van der Waals surface area contributed by atoms with Gasteiger partial charge in [-0.15, -0.1) is 0 Å². The lowest BCUT2D eigenvalue weighted by Crippen LogP contribution is -1.89. The molecule has 8 nitrogen and oxygen atoms in total. The molecule has 8 heteroatoms. The van der Waals surface area contributed by atoms with Crippen molar-refractivity contribution in [3.8, 4) is 39.5 Å². The van der Waals surface area contributed by atoms with Crippen molar-refractivity contribution in [2.75, 3.05) is 7.11 Å². The molecule has 0 bridgehead atoms. The number of rotatable bonds is 4. The number of aromatic nitrogens is 7. The smallest absolute Gasteiger partial charge is 0.138 e. The second-order valence-corrected chi connectivity index (χ2v) is 7.32. The summed E-state index contributed by atoms with van der Waals surface area (Å²) in [6, 6.07) is 13.8. The number of pyridine rings is 4. The highest BCUT2D eigenvalue weighted by Crippen LogP contribution is 2.33. The Bertz CT molecular complexity index is 1570. The van der Waals surface area contributed by atoms with Crippen LogP contribution in [-0.4, -0.2) is 42.2 Å². The quantitative estimate of drug-likeness (QED) is 0.431. The van der Waals surface area contributed by atoms with Crippen molar-refractivity contribution in [3.63, 3.8) is 0 Å². The molecule has 0 saturated carbocycles. The van der Waals surface area contributed by atoms with Crippen LogP contribution in [0.1, 0.15) is 0 Å². The molecule has 32 heavy (non-hydrogen) atoms. The minimum Gasteiger partial charge on any atom is -0.495 e. The van der Waals surface area contributed by atoms with Crippen molar-refractivity contribution in [1.29, 1.82) is 0 Å². The molecular weight excluding hydrogens is 402 g/mol. The summed E-state index contributed by atoms with van der Waals surface area (Å²) in [5, 5.41) is 8.61. The first-order valence-electron chi connectivity index (χ1n) is 10.0. The molecule has 0 aliphatic carbocycles. The second kappa shape index (κ2) is 7.28. The summed E-state index contributed by atoms with van der Waals surface area (Å²) in [6.45, 7) is 0. The van der Waals surface area contributed by atoms with Crippen LogP contribution in [0.2, 0.25) is 0 Å². The minimum atomic E-state index is 0.682. The van der Waals surface area contributed by atoms with Gasteiger partial charge >= 0.3 is 0 Å². The van der Waals surface area contributed by atoms with Crippen molar-refractivity contribution < 1.29 is 4.74 Å². The Labute approximate surface area is 182 Å². The van der Waals surface area contributed by atoms with Gasteiger partial charge in [-0.1, -0.05) is 6.07 Å². The van der Waals surface area contributed by atoms with Gasteiger partial charge in [-0.05, 0) is 42.0 Å². The second-order valence-electron chi connectivity index (χ2n) is 7.32. The molecule has 0 aliphatic rings. The fraction of sp³-hybridized carbons (Fsp3) is 0.0417. The van der Waals surface area contributed by atoms with Gasteiger partial charge in [-0.25, -0.2) is 9.97 Å². The molecule has 0 saturated heterocycles. The topological polar surface area (TPSA) is 105 Å². The normalized spacial score (nSPS) is 11.3. The predicted molar refractivity (Wildman–Crippen MR) is 122 cm³/mol. The van der Waals surface area contributed by atoms with E-state index in [1.54, 1.807) is 31.9 Å². The Balaban J connectivity index is 1.50. The fourth-order valence-corrected chi connectivity index (χ4v) is 3.85. The third-order valence-electron chi connectivity index (χ3n) is 5.41. The average Bonchev–Trinajstić information content (AvgIpc) is 3.48. The highest BCUT2D eigenvalue weighted by Gasteiger charge is 2.16. The van der Waals surface area contributed by atoms with E-state index in [4.69, 9.17) is 9.72 Å². The lowest BCUT2D eigenvalue weighted by Gasteiger charge is -2.04. The van der Waals surface area contributed by atoms with E-state index in [1.165, 1.54) is 0 Å². The summed E-state index contributed by atoms with van der Waals surface area (Å²) < 4.78 is 5.30. The first-order valence-corrected chi connectivity index (χ1v) is 10.0. The van der Waals surface area contributed by atoms with Crippen molar-refractivity contribution in [2.24, 2.45) is 0 Å². The molecule has 0 spiro atoms. The van der Waals surface area contributed by atoms with Crippen LogP contribution in [0.3, 0.4) is 0 Å². The molecule has 154 valence electrons. The first kappa shape index (κ1) is 18.2. The van der Waals surface area contributed by atoms with Crippen molar-refractivity contribution in [3.05, 3.63) is 73.4 Å². The van der Waals surface area contributed by atoms with E-state index in [2.05, 4.69) is 36.2 Å². The Morgan fingerprint density at radius 2 is 1.84 bits per heavy atom. The summed E-state index contributed by atoms with van der Waals surface area (Å²) in [5.41, 5.74) is 7.71. The van der Waals surface area contributed by atoms with Crippen molar-refractivity contribution in [2.45, 2.75) is 0 Å². The van der Waals surface area contributed by atoms with Crippen LogP contribution in [0.15, 0.2) is 73.4 Å². The first-order chi connectivity index (χ1) is 15.8. The van der Waals surface area contributed by atoms with Crippen LogP contribution in [0.5, 0.6) is 5.75 Å². The highest BCUT2D eigenvalue weighted by atomic mass is 16.5. The number of hydrogen-bond donors (Lipinski definition) is 2. The van der Waals surface area contributed by atoms with Crippen molar-refractivity contribution in [1.82, 2.24) is 35.1 Å². The van der Waals surface area contributed by atoms with Gasteiger partial charge in [-0.3, -0.25) is 15.1 Å². The molecule has 0 aromatic carbocycles. The van der Waals surface area contributed by atoms with E-state index < -0.39 is 0 Å². The Kier molecular flexibility index (Phi) is 4.14. The molecule has 0 amide bonds. The monoisotopic (exact) mass is 419 g/mol. The minimum absolute atomic E-state index is 0.682. The SMILES string of the molecule is COc1cncc(-c2ccc3[nH]nc(-c4cc5c(-c6cccnc6)ccnc5[nH]4)c3n2)c1. The molecule has 0 atom stereocenters. The van der Waals surface area contributed by atoms with E-state index >= 15 is 0 Å². The number of H-pyrrole nitrogens is 2. The third-order valence-corrected chi connectivity index (χ3v) is 5.41. The number of nitrogens with one attached hydrogen (secondary N) is 2. The Hall–Kier alpha value is -4.59. The molecule has 0 aliphatic heterocycles. The molecule has 0 unspecified atom stereocenters. The summed E-state index contributed by atoms with van der Waals surface area (Å²) >= 11 is 0. The summed E-state index contributed by atoms with van der Waals surface area (Å²) in [5.74, 6) is 0.682. The molecule has 6 aromatic rings. The fourth-order valence-electron chi connectivity index (χ4n) is 3.85. The summed E-state index contributed by atoms with van der Waals surface area (Å²) in [7, 11) is 1.62. The maximum absolute atomic E-state index is 5.30. The number of fused-ring (bicyclic) bond motifs is 2. The molecule has 6 aromatic heterocycles. The molecule has 6 rings (SSSR count). The summed E-state index contributed by atoms with van der Waals surface area (Å²) in [6.07, 6.45) is 8.84. The summed E-state index contributed by atoms with van der Waals surface area (Å²) in [4.78, 5) is 21.2. The number of methoxy groups -OCH3 is 1. The van der Waals surface area contributed by atoms with E-state index in [-0.39, 0.29) is 0 Å². The van der Waals surface area contributed by atoms with Gasteiger partial charge in [0, 0.05) is 41.3 Å². The Morgan fingerprint density at radius 1 is 0.906 bits per heavy atom. The van der Waals surface area contributed by atoms with Crippen LogP contribution in [0, 0.1) is 0 Å². The highest BCUT2D eigenvalue weighted by molar-refractivity contribution is 5.98. The van der Waals surface area contributed by atoms with Crippen LogP contribution >= 0.6 is 0 Å². The number of hydrogen-bond acceptors (Lipinski definition) is 6. The lowest BCUT2D eigenvalue weighted by molar-refractivity contribution is 0.413. The zero-order valence-corrected chi connectivity index (χ0v) is 17.1. The number of ether oxygens (including phenoxy) is 1. The zero-order chi connectivity index (χ0) is 21.5. The number of aromatic amines is 2. The van der Waals surface area contributed by atoms with Crippen molar-refractivity contribution >= 4 is 22.1 Å². The lowest BCUT2D eigenvalue weighted by atomic mass is 10.1. The largest absolute Gasteiger partial charge is 0.495 e. The van der Waals surface area contributed by atoms with Gasteiger partial charge < -0.3 is 9.72 Å². The molecule has 2 N–H and O–H groups in total. The molecule has 0 radical (unpaired) electrons. The van der Waals surface area contributed by atoms with E-state index in [0.29, 0.717) is 5.75 Å². The van der Waals surface area contributed by atoms with Gasteiger partial charge in [0.2, 0.25) is 0 Å². The van der Waals surface area contributed by atoms with E-state index in [1.807, 2.05) is 42.6 Å². The molecule has 0 fully saturated rings. The van der Waals surface area contributed by atoms with Crippen LogP contribution in [0.4, 0.5) is 0 Å². The van der Waals surface area contributed by atoms with E-state index in [9.17, 15) is 0 Å². The van der Waals surface area contributed by atoms with Gasteiger partial charge in [0.25, 0.3) is 0 Å². The van der Waals surface area contributed by atoms with Crippen LogP contribution in [0.25, 0.3) is 55.8 Å². The molecular formula is C24H17N7O. The standard InChI is InChI=1S/C24H17N7O/c1-32-16-9-15(12-26-13-16)19-4-5-20-22(28-19)23(31-30-20)21-10-18-17(6-8-27-24(18)29-21)14-3-2-7-25-11-14/h2-13H,1H3,(H,27,29)(H,30,31). The van der Waals surface area contributed by atoms with Crippen LogP contribution in [-0.2, 0) is 0 Å². The average molecular weight is 419 g/mol. The Morgan fingerprint density at radius 3 is 2.72 bits per heavy atom. The van der Waals surface area contributed by atoms with Gasteiger partial charge in [0.05, 0.1) is 30.2 Å². The maximum Gasteiger partial charge on any atom is 0.138 e. The zero-order valence-electron chi connectivity index (χ0n) is 17.1. The third kappa shape index (κ3) is 2.97. The molecule has 6 heterocycles. The van der Waals surface area contributed by atoms with Gasteiger partial charge in [0.15, 0.2) is 0 Å². The maximum atomic E-state index is 5.30. The van der Waals surface area contributed by atoms with E-state index in [0.717, 1.165) is 55.8 Å². The predicted octanol–water partition coefficient (Wildman–Crippen LogP) is 4.63. The van der Waals surface area contributed by atoms with Gasteiger partial charge in [0.1, 0.15) is 22.6 Å².